The zero-order valence-electron chi connectivity index (χ0n) is 12.1. The first-order valence-corrected chi connectivity index (χ1v) is 6.68. The average molecular weight is 322 g/mol. The Morgan fingerprint density at radius 1 is 0.864 bits per heavy atom. The van der Waals surface area contributed by atoms with Gasteiger partial charge in [-0.2, -0.15) is 0 Å². The van der Waals surface area contributed by atoms with Crippen LogP contribution >= 0.6 is 0 Å². The first-order chi connectivity index (χ1) is 10.2. The van der Waals surface area contributed by atoms with Crippen LogP contribution in [0.4, 0.5) is 0 Å². The normalized spacial score (nSPS) is 16.5. The molecule has 0 bridgehead atoms. The summed E-state index contributed by atoms with van der Waals surface area (Å²) in [7, 11) is 0. The standard InChI is InChI=1S/C12H22N2O8/c1-6(15)9(12(21)22)14-4-2-7(10(17)18)13-5-3-8(16)11(19)20/h6-9,13-16H,2-5H2,1H3,(H,17,18)(H,19,20)(H,21,22). The predicted octanol–water partition coefficient (Wildman–Crippen LogP) is -2.32. The molecule has 128 valence electrons. The van der Waals surface area contributed by atoms with Gasteiger partial charge in [0, 0.05) is 0 Å². The zero-order chi connectivity index (χ0) is 17.3. The van der Waals surface area contributed by atoms with Gasteiger partial charge < -0.3 is 36.2 Å². The molecule has 0 aromatic heterocycles. The van der Waals surface area contributed by atoms with Crippen LogP contribution in [-0.4, -0.2) is 80.8 Å². The van der Waals surface area contributed by atoms with Crippen LogP contribution in [0.25, 0.3) is 0 Å². The third kappa shape index (κ3) is 7.88. The molecule has 0 aliphatic carbocycles. The summed E-state index contributed by atoms with van der Waals surface area (Å²) in [4.78, 5) is 32.2. The minimum atomic E-state index is -1.58. The number of aliphatic hydroxyl groups is 2. The molecule has 0 saturated heterocycles. The maximum Gasteiger partial charge on any atom is 0.332 e. The van der Waals surface area contributed by atoms with Gasteiger partial charge in [0.1, 0.15) is 12.1 Å². The van der Waals surface area contributed by atoms with Gasteiger partial charge in [0.2, 0.25) is 0 Å². The largest absolute Gasteiger partial charge is 0.480 e. The summed E-state index contributed by atoms with van der Waals surface area (Å²) in [6.45, 7) is 1.29. The van der Waals surface area contributed by atoms with Crippen molar-refractivity contribution in [3.05, 3.63) is 0 Å². The van der Waals surface area contributed by atoms with Crippen molar-refractivity contribution in [2.24, 2.45) is 0 Å². The molecule has 7 N–H and O–H groups in total. The van der Waals surface area contributed by atoms with Crippen LogP contribution in [0.1, 0.15) is 19.8 Å². The van der Waals surface area contributed by atoms with Crippen LogP contribution in [0.15, 0.2) is 0 Å². The lowest BCUT2D eigenvalue weighted by molar-refractivity contribution is -0.147. The van der Waals surface area contributed by atoms with Crippen LogP contribution < -0.4 is 10.6 Å². The Bertz CT molecular complexity index is 387. The summed E-state index contributed by atoms with van der Waals surface area (Å²) < 4.78 is 0. The Kier molecular flexibility index (Phi) is 9.26. The van der Waals surface area contributed by atoms with Crippen LogP contribution in [0, 0.1) is 0 Å². The van der Waals surface area contributed by atoms with E-state index in [1.807, 2.05) is 0 Å². The predicted molar refractivity (Wildman–Crippen MR) is 73.4 cm³/mol. The van der Waals surface area contributed by atoms with Crippen molar-refractivity contribution < 1.29 is 39.9 Å². The van der Waals surface area contributed by atoms with E-state index in [2.05, 4.69) is 10.6 Å². The fourth-order valence-electron chi connectivity index (χ4n) is 1.68. The molecule has 4 unspecified atom stereocenters. The highest BCUT2D eigenvalue weighted by molar-refractivity contribution is 5.74. The second kappa shape index (κ2) is 10.1. The molecule has 0 saturated carbocycles. The number of hydrogen-bond acceptors (Lipinski definition) is 7. The lowest BCUT2D eigenvalue weighted by Gasteiger charge is -2.19. The van der Waals surface area contributed by atoms with Gasteiger partial charge >= 0.3 is 17.9 Å². The van der Waals surface area contributed by atoms with Gasteiger partial charge in [0.15, 0.2) is 6.10 Å². The summed E-state index contributed by atoms with van der Waals surface area (Å²) in [6.07, 6.45) is -2.85. The lowest BCUT2D eigenvalue weighted by atomic mass is 10.1. The summed E-state index contributed by atoms with van der Waals surface area (Å²) in [6, 6.07) is -2.24. The van der Waals surface area contributed by atoms with Gasteiger partial charge in [-0.15, -0.1) is 0 Å². The van der Waals surface area contributed by atoms with E-state index in [1.165, 1.54) is 6.92 Å². The van der Waals surface area contributed by atoms with Gasteiger partial charge in [-0.1, -0.05) is 0 Å². The maximum atomic E-state index is 11.0. The van der Waals surface area contributed by atoms with E-state index in [4.69, 9.17) is 20.4 Å². The molecule has 0 aromatic carbocycles. The molecule has 4 atom stereocenters. The van der Waals surface area contributed by atoms with E-state index in [9.17, 15) is 19.5 Å². The zero-order valence-corrected chi connectivity index (χ0v) is 12.1. The Labute approximate surface area is 126 Å². The summed E-state index contributed by atoms with van der Waals surface area (Å²) in [5.74, 6) is -3.83. The molecule has 0 amide bonds. The van der Waals surface area contributed by atoms with Gasteiger partial charge in [-0.25, -0.2) is 4.79 Å². The SMILES string of the molecule is CC(O)C(NCCC(NCCC(O)C(=O)O)C(=O)O)C(=O)O. The lowest BCUT2D eigenvalue weighted by Crippen LogP contribution is -2.47. The van der Waals surface area contributed by atoms with E-state index < -0.39 is 42.2 Å². The molecular weight excluding hydrogens is 300 g/mol. The summed E-state index contributed by atoms with van der Waals surface area (Å²) in [5, 5.41) is 49.7. The van der Waals surface area contributed by atoms with E-state index in [-0.39, 0.29) is 25.9 Å². The number of aliphatic hydroxyl groups excluding tert-OH is 2. The Balaban J connectivity index is 4.23. The highest BCUT2D eigenvalue weighted by atomic mass is 16.4. The molecule has 0 rings (SSSR count). The van der Waals surface area contributed by atoms with E-state index in [0.717, 1.165) is 0 Å². The molecular formula is C12H22N2O8. The number of carboxylic acid groups (broad SMARTS) is 3. The second-order valence-corrected chi connectivity index (χ2v) is 4.79. The highest BCUT2D eigenvalue weighted by Gasteiger charge is 2.24. The topological polar surface area (TPSA) is 176 Å². The number of hydrogen-bond donors (Lipinski definition) is 7. The first-order valence-electron chi connectivity index (χ1n) is 6.68. The number of nitrogens with one attached hydrogen (secondary N) is 2. The average Bonchev–Trinajstić information content (AvgIpc) is 2.39. The smallest absolute Gasteiger partial charge is 0.332 e. The van der Waals surface area contributed by atoms with Gasteiger partial charge in [-0.05, 0) is 32.9 Å². The minimum Gasteiger partial charge on any atom is -0.480 e. The van der Waals surface area contributed by atoms with Crippen molar-refractivity contribution in [2.45, 2.75) is 44.1 Å². The number of carbonyl (C=O) groups is 3. The van der Waals surface area contributed by atoms with Crippen molar-refractivity contribution in [1.29, 1.82) is 0 Å². The third-order valence-electron chi connectivity index (χ3n) is 2.94. The van der Waals surface area contributed by atoms with Gasteiger partial charge in [0.05, 0.1) is 6.10 Å². The van der Waals surface area contributed by atoms with Crippen LogP contribution in [0.3, 0.4) is 0 Å². The fraction of sp³-hybridized carbons (Fsp3) is 0.750. The molecule has 0 heterocycles. The fourth-order valence-corrected chi connectivity index (χ4v) is 1.68. The van der Waals surface area contributed by atoms with Crippen molar-refractivity contribution in [2.75, 3.05) is 13.1 Å². The molecule has 10 nitrogen and oxygen atoms in total. The summed E-state index contributed by atoms with van der Waals surface area (Å²) in [5.41, 5.74) is 0. The Hall–Kier alpha value is -1.75. The Morgan fingerprint density at radius 2 is 1.41 bits per heavy atom. The van der Waals surface area contributed by atoms with Crippen LogP contribution in [0.5, 0.6) is 0 Å². The molecule has 0 aromatic rings. The third-order valence-corrected chi connectivity index (χ3v) is 2.94. The van der Waals surface area contributed by atoms with Gasteiger partial charge in [-0.3, -0.25) is 9.59 Å². The minimum absolute atomic E-state index is 0.0211. The highest BCUT2D eigenvalue weighted by Crippen LogP contribution is 1.98. The molecule has 0 aliphatic heterocycles. The summed E-state index contributed by atoms with van der Waals surface area (Å²) >= 11 is 0. The first kappa shape index (κ1) is 20.2. The van der Waals surface area contributed by atoms with Crippen molar-refractivity contribution >= 4 is 17.9 Å². The number of aliphatic carboxylic acids is 3. The van der Waals surface area contributed by atoms with Crippen molar-refractivity contribution in [3.63, 3.8) is 0 Å². The number of carboxylic acids is 3. The second-order valence-electron chi connectivity index (χ2n) is 4.79. The number of rotatable bonds is 12. The maximum absolute atomic E-state index is 11.0. The van der Waals surface area contributed by atoms with Gasteiger partial charge in [0.25, 0.3) is 0 Å². The molecule has 10 heteroatoms. The van der Waals surface area contributed by atoms with E-state index >= 15 is 0 Å². The van der Waals surface area contributed by atoms with E-state index in [1.54, 1.807) is 0 Å². The quantitative estimate of drug-likeness (QED) is 0.206. The molecule has 0 radical (unpaired) electrons. The monoisotopic (exact) mass is 322 g/mol. The molecule has 0 aliphatic rings. The molecule has 0 fully saturated rings. The van der Waals surface area contributed by atoms with Crippen LogP contribution in [0.2, 0.25) is 0 Å². The van der Waals surface area contributed by atoms with Crippen molar-refractivity contribution in [3.8, 4) is 0 Å². The van der Waals surface area contributed by atoms with E-state index in [0.29, 0.717) is 0 Å². The van der Waals surface area contributed by atoms with Crippen LogP contribution in [-0.2, 0) is 14.4 Å². The molecule has 0 spiro atoms. The van der Waals surface area contributed by atoms with Crippen molar-refractivity contribution in [1.82, 2.24) is 10.6 Å². The Morgan fingerprint density at radius 3 is 1.82 bits per heavy atom. The molecule has 22 heavy (non-hydrogen) atoms.